The second-order valence-electron chi connectivity index (χ2n) is 5.05. The molecule has 1 heterocycles. The molecule has 0 radical (unpaired) electrons. The Labute approximate surface area is 131 Å². The van der Waals surface area contributed by atoms with Gasteiger partial charge in [-0.2, -0.15) is 11.8 Å². The Morgan fingerprint density at radius 1 is 1.20 bits per heavy atom. The summed E-state index contributed by atoms with van der Waals surface area (Å²) in [6, 6.07) is 4.34. The number of hydrogen-bond acceptors (Lipinski definition) is 3. The first kappa shape index (κ1) is 15.8. The molecule has 1 unspecified atom stereocenters. The summed E-state index contributed by atoms with van der Waals surface area (Å²) in [6.45, 7) is 0. The van der Waals surface area contributed by atoms with Gasteiger partial charge in [0.05, 0.1) is 14.2 Å². The van der Waals surface area contributed by atoms with Crippen molar-refractivity contribution in [2.45, 2.75) is 37.4 Å². The Hall–Kier alpha value is -0.540. The Morgan fingerprint density at radius 2 is 1.95 bits per heavy atom. The lowest BCUT2D eigenvalue weighted by Crippen LogP contribution is -2.01. The number of fused-ring (bicyclic) bond motifs is 1. The zero-order valence-electron chi connectivity index (χ0n) is 12.3. The van der Waals surface area contributed by atoms with Gasteiger partial charge >= 0.3 is 0 Å². The molecule has 0 aliphatic carbocycles. The molecule has 0 N–H and O–H groups in total. The van der Waals surface area contributed by atoms with Crippen LogP contribution in [0.5, 0.6) is 11.5 Å². The Balaban J connectivity index is 2.27. The second-order valence-corrected chi connectivity index (χ2v) is 6.74. The molecule has 20 heavy (non-hydrogen) atoms. The first-order valence-electron chi connectivity index (χ1n) is 7.22. The van der Waals surface area contributed by atoms with Gasteiger partial charge < -0.3 is 9.47 Å². The molecule has 4 heteroatoms. The summed E-state index contributed by atoms with van der Waals surface area (Å²) >= 11 is 7.87. The Morgan fingerprint density at radius 3 is 2.65 bits per heavy atom. The van der Waals surface area contributed by atoms with Crippen LogP contribution in [-0.4, -0.2) is 25.9 Å². The van der Waals surface area contributed by atoms with Crippen molar-refractivity contribution in [1.82, 2.24) is 0 Å². The number of halogens is 1. The van der Waals surface area contributed by atoms with E-state index in [0.29, 0.717) is 5.25 Å². The molecule has 1 aliphatic rings. The number of ether oxygens (including phenoxy) is 2. The normalized spacial score (nSPS) is 18.2. The average molecular weight is 315 g/mol. The average Bonchev–Trinajstić information content (AvgIpc) is 2.68. The highest BCUT2D eigenvalue weighted by atomic mass is 35.5. The fourth-order valence-corrected chi connectivity index (χ4v) is 4.21. The molecular weight excluding hydrogens is 292 g/mol. The third-order valence-corrected chi connectivity index (χ3v) is 5.44. The lowest BCUT2D eigenvalue weighted by Gasteiger charge is -2.19. The minimum Gasteiger partial charge on any atom is -0.493 e. The maximum absolute atomic E-state index is 5.80. The van der Waals surface area contributed by atoms with E-state index in [2.05, 4.69) is 23.9 Å². The minimum absolute atomic E-state index is 0.565. The van der Waals surface area contributed by atoms with Crippen molar-refractivity contribution >= 4 is 23.4 Å². The van der Waals surface area contributed by atoms with E-state index in [1.807, 2.05) is 0 Å². The van der Waals surface area contributed by atoms with Crippen molar-refractivity contribution in [3.63, 3.8) is 0 Å². The van der Waals surface area contributed by atoms with Crippen molar-refractivity contribution in [1.29, 1.82) is 0 Å². The highest BCUT2D eigenvalue weighted by Gasteiger charge is 2.21. The number of hydrogen-bond donors (Lipinski definition) is 0. The molecule has 1 aromatic rings. The van der Waals surface area contributed by atoms with E-state index in [9.17, 15) is 0 Å². The van der Waals surface area contributed by atoms with Gasteiger partial charge in [0.2, 0.25) is 0 Å². The molecule has 0 fully saturated rings. The quantitative estimate of drug-likeness (QED) is 0.553. The summed E-state index contributed by atoms with van der Waals surface area (Å²) in [6.07, 6.45) is 5.85. The van der Waals surface area contributed by atoms with Crippen molar-refractivity contribution in [3.05, 3.63) is 23.3 Å². The highest BCUT2D eigenvalue weighted by molar-refractivity contribution is 7.99. The summed E-state index contributed by atoms with van der Waals surface area (Å²) in [5.74, 6) is 3.68. The van der Waals surface area contributed by atoms with E-state index in [1.54, 1.807) is 14.2 Å². The molecule has 0 amide bonds. The van der Waals surface area contributed by atoms with Gasteiger partial charge in [-0.1, -0.05) is 6.42 Å². The molecular formula is C16H23ClO2S. The van der Waals surface area contributed by atoms with Gasteiger partial charge in [-0.05, 0) is 54.7 Å². The van der Waals surface area contributed by atoms with Gasteiger partial charge in [-0.15, -0.1) is 11.6 Å². The lowest BCUT2D eigenvalue weighted by atomic mass is 9.97. The SMILES string of the molecule is COc1cc2c(cc1OC)C(CCCCCl)SCCC2. The van der Waals surface area contributed by atoms with Crippen LogP contribution in [0.4, 0.5) is 0 Å². The van der Waals surface area contributed by atoms with Crippen LogP contribution in [-0.2, 0) is 6.42 Å². The van der Waals surface area contributed by atoms with E-state index in [0.717, 1.165) is 30.2 Å². The zero-order valence-corrected chi connectivity index (χ0v) is 13.9. The van der Waals surface area contributed by atoms with Crippen molar-refractivity contribution in [2.75, 3.05) is 25.9 Å². The van der Waals surface area contributed by atoms with Gasteiger partial charge in [0.25, 0.3) is 0 Å². The number of alkyl halides is 1. The molecule has 0 saturated heterocycles. The third kappa shape index (κ3) is 3.76. The maximum atomic E-state index is 5.80. The van der Waals surface area contributed by atoms with E-state index in [-0.39, 0.29) is 0 Å². The highest BCUT2D eigenvalue weighted by Crippen LogP contribution is 2.43. The number of methoxy groups -OCH3 is 2. The molecule has 112 valence electrons. The molecule has 1 aromatic carbocycles. The van der Waals surface area contributed by atoms with Crippen LogP contribution >= 0.6 is 23.4 Å². The summed E-state index contributed by atoms with van der Waals surface area (Å²) in [5, 5.41) is 0.565. The molecule has 2 nitrogen and oxygen atoms in total. The fourth-order valence-electron chi connectivity index (χ4n) is 2.69. The third-order valence-electron chi connectivity index (χ3n) is 3.75. The number of thioether (sulfide) groups is 1. The lowest BCUT2D eigenvalue weighted by molar-refractivity contribution is 0.354. The van der Waals surface area contributed by atoms with Crippen molar-refractivity contribution in [3.8, 4) is 11.5 Å². The number of unbranched alkanes of at least 4 members (excludes halogenated alkanes) is 1. The number of benzene rings is 1. The van der Waals surface area contributed by atoms with Crippen LogP contribution in [0.3, 0.4) is 0 Å². The summed E-state index contributed by atoms with van der Waals surface area (Å²) in [5.41, 5.74) is 2.85. The van der Waals surface area contributed by atoms with E-state index in [4.69, 9.17) is 21.1 Å². The summed E-state index contributed by atoms with van der Waals surface area (Å²) < 4.78 is 10.9. The summed E-state index contributed by atoms with van der Waals surface area (Å²) in [4.78, 5) is 0. The Bertz CT molecular complexity index is 437. The van der Waals surface area contributed by atoms with Crippen LogP contribution in [0.2, 0.25) is 0 Å². The molecule has 1 aliphatic heterocycles. The monoisotopic (exact) mass is 314 g/mol. The standard InChI is InChI=1S/C16H23ClO2S/c1-18-14-10-12-6-5-9-20-16(7-3-4-8-17)13(12)11-15(14)19-2/h10-11,16H,3-9H2,1-2H3. The molecule has 0 aromatic heterocycles. The van der Waals surface area contributed by atoms with E-state index < -0.39 is 0 Å². The van der Waals surface area contributed by atoms with Gasteiger partial charge in [-0.3, -0.25) is 0 Å². The van der Waals surface area contributed by atoms with Crippen LogP contribution in [0, 0.1) is 0 Å². The van der Waals surface area contributed by atoms with Crippen LogP contribution in [0.25, 0.3) is 0 Å². The summed E-state index contributed by atoms with van der Waals surface area (Å²) in [7, 11) is 3.41. The number of rotatable bonds is 6. The van der Waals surface area contributed by atoms with Gasteiger partial charge in [-0.25, -0.2) is 0 Å². The largest absolute Gasteiger partial charge is 0.493 e. The molecule has 1 atom stereocenters. The topological polar surface area (TPSA) is 18.5 Å². The minimum atomic E-state index is 0.565. The predicted molar refractivity (Wildman–Crippen MR) is 87.6 cm³/mol. The number of aryl methyl sites for hydroxylation is 1. The maximum Gasteiger partial charge on any atom is 0.161 e. The van der Waals surface area contributed by atoms with Crippen LogP contribution in [0.15, 0.2) is 12.1 Å². The van der Waals surface area contributed by atoms with Gasteiger partial charge in [0, 0.05) is 11.1 Å². The molecule has 0 saturated carbocycles. The van der Waals surface area contributed by atoms with Crippen molar-refractivity contribution in [2.24, 2.45) is 0 Å². The first-order chi connectivity index (χ1) is 9.80. The van der Waals surface area contributed by atoms with Crippen molar-refractivity contribution < 1.29 is 9.47 Å². The Kier molecular flexibility index (Phi) is 6.37. The van der Waals surface area contributed by atoms with Crippen LogP contribution < -0.4 is 9.47 Å². The van der Waals surface area contributed by atoms with Gasteiger partial charge in [0.15, 0.2) is 11.5 Å². The smallest absolute Gasteiger partial charge is 0.161 e. The molecule has 2 rings (SSSR count). The predicted octanol–water partition coefficient (Wildman–Crippen LogP) is 4.83. The van der Waals surface area contributed by atoms with Crippen LogP contribution in [0.1, 0.15) is 42.1 Å². The molecule has 0 spiro atoms. The fraction of sp³-hybridized carbons (Fsp3) is 0.625. The molecule has 0 bridgehead atoms. The van der Waals surface area contributed by atoms with E-state index >= 15 is 0 Å². The first-order valence-corrected chi connectivity index (χ1v) is 8.80. The van der Waals surface area contributed by atoms with E-state index in [1.165, 1.54) is 36.1 Å². The zero-order chi connectivity index (χ0) is 14.4. The second kappa shape index (κ2) is 8.04. The van der Waals surface area contributed by atoms with Gasteiger partial charge in [0.1, 0.15) is 0 Å².